The molecular weight excluding hydrogens is 280 g/mol. The van der Waals surface area contributed by atoms with E-state index in [9.17, 15) is 4.79 Å². The molecule has 20 heavy (non-hydrogen) atoms. The van der Waals surface area contributed by atoms with Gasteiger partial charge in [0.25, 0.3) is 0 Å². The highest BCUT2D eigenvalue weighted by atomic mass is 35.5. The van der Waals surface area contributed by atoms with Crippen molar-refractivity contribution in [3.8, 4) is 5.75 Å². The summed E-state index contributed by atoms with van der Waals surface area (Å²) in [6.45, 7) is 0.443. The summed E-state index contributed by atoms with van der Waals surface area (Å²) in [7, 11) is 1.56. The van der Waals surface area contributed by atoms with Crippen LogP contribution in [0.25, 0.3) is 0 Å². The molecule has 0 aliphatic rings. The van der Waals surface area contributed by atoms with Gasteiger partial charge < -0.3 is 10.5 Å². The SMILES string of the molecule is COc1ccc(Cl)cc1CC(=O)Cn1cc(CN)nn1. The Kier molecular flexibility index (Phi) is 4.70. The van der Waals surface area contributed by atoms with Crippen LogP contribution >= 0.6 is 11.6 Å². The van der Waals surface area contributed by atoms with E-state index in [2.05, 4.69) is 10.3 Å². The Hall–Kier alpha value is -1.92. The molecule has 0 radical (unpaired) electrons. The third-order valence-electron chi connectivity index (χ3n) is 2.76. The van der Waals surface area contributed by atoms with Crippen LogP contribution in [-0.4, -0.2) is 27.9 Å². The van der Waals surface area contributed by atoms with Gasteiger partial charge in [0.15, 0.2) is 5.78 Å². The Morgan fingerprint density at radius 2 is 2.30 bits per heavy atom. The van der Waals surface area contributed by atoms with Crippen molar-refractivity contribution in [2.75, 3.05) is 7.11 Å². The van der Waals surface area contributed by atoms with Crippen molar-refractivity contribution in [3.63, 3.8) is 0 Å². The van der Waals surface area contributed by atoms with Crippen LogP contribution in [0.5, 0.6) is 5.75 Å². The molecule has 0 saturated heterocycles. The lowest BCUT2D eigenvalue weighted by Crippen LogP contribution is -2.13. The molecule has 2 N–H and O–H groups in total. The van der Waals surface area contributed by atoms with Crippen molar-refractivity contribution in [1.82, 2.24) is 15.0 Å². The Morgan fingerprint density at radius 3 is 2.95 bits per heavy atom. The van der Waals surface area contributed by atoms with Gasteiger partial charge in [0, 0.05) is 23.6 Å². The van der Waals surface area contributed by atoms with E-state index in [1.807, 2.05) is 0 Å². The monoisotopic (exact) mass is 294 g/mol. The highest BCUT2D eigenvalue weighted by molar-refractivity contribution is 6.30. The molecule has 0 unspecified atom stereocenters. The minimum absolute atomic E-state index is 0.0148. The molecule has 0 saturated carbocycles. The van der Waals surface area contributed by atoms with Crippen molar-refractivity contribution in [2.45, 2.75) is 19.5 Å². The maximum atomic E-state index is 12.0. The van der Waals surface area contributed by atoms with E-state index >= 15 is 0 Å². The largest absolute Gasteiger partial charge is 0.496 e. The van der Waals surface area contributed by atoms with Gasteiger partial charge in [-0.25, -0.2) is 4.68 Å². The number of carbonyl (C=O) groups is 1. The predicted molar refractivity (Wildman–Crippen MR) is 74.6 cm³/mol. The van der Waals surface area contributed by atoms with E-state index in [1.165, 1.54) is 4.68 Å². The first kappa shape index (κ1) is 14.5. The van der Waals surface area contributed by atoms with E-state index in [0.717, 1.165) is 5.56 Å². The molecule has 0 amide bonds. The van der Waals surface area contributed by atoms with Gasteiger partial charge in [-0.15, -0.1) is 5.10 Å². The van der Waals surface area contributed by atoms with Crippen LogP contribution < -0.4 is 10.5 Å². The minimum atomic E-state index is -0.0148. The molecule has 1 aromatic carbocycles. The number of nitrogens with two attached hydrogens (primary N) is 1. The number of Topliss-reactive ketones (excluding diaryl/α,β-unsaturated/α-hetero) is 1. The summed E-state index contributed by atoms with van der Waals surface area (Å²) in [6.07, 6.45) is 1.88. The highest BCUT2D eigenvalue weighted by Gasteiger charge is 2.11. The highest BCUT2D eigenvalue weighted by Crippen LogP contribution is 2.23. The summed E-state index contributed by atoms with van der Waals surface area (Å²) >= 11 is 5.93. The lowest BCUT2D eigenvalue weighted by molar-refractivity contribution is -0.119. The molecule has 6 nitrogen and oxygen atoms in total. The van der Waals surface area contributed by atoms with Crippen LogP contribution in [0.4, 0.5) is 0 Å². The van der Waals surface area contributed by atoms with Gasteiger partial charge in [0.2, 0.25) is 0 Å². The zero-order valence-electron chi connectivity index (χ0n) is 11.0. The third kappa shape index (κ3) is 3.55. The zero-order valence-corrected chi connectivity index (χ0v) is 11.8. The molecular formula is C13H15ClN4O2. The number of nitrogens with zero attached hydrogens (tertiary/aromatic N) is 3. The Balaban J connectivity index is 2.06. The number of rotatable bonds is 6. The quantitative estimate of drug-likeness (QED) is 0.866. The summed E-state index contributed by atoms with van der Waals surface area (Å²) < 4.78 is 6.68. The van der Waals surface area contributed by atoms with Crippen molar-refractivity contribution >= 4 is 17.4 Å². The molecule has 2 rings (SSSR count). The topological polar surface area (TPSA) is 83.0 Å². The fraction of sp³-hybridized carbons (Fsp3) is 0.308. The smallest absolute Gasteiger partial charge is 0.158 e. The lowest BCUT2D eigenvalue weighted by Gasteiger charge is -2.08. The molecule has 0 aliphatic carbocycles. The lowest BCUT2D eigenvalue weighted by atomic mass is 10.1. The van der Waals surface area contributed by atoms with Crippen LogP contribution in [0.15, 0.2) is 24.4 Å². The Bertz CT molecular complexity index is 612. The van der Waals surface area contributed by atoms with Gasteiger partial charge in [-0.3, -0.25) is 4.79 Å². The predicted octanol–water partition coefficient (Wildman–Crippen LogP) is 1.21. The number of hydrogen-bond acceptors (Lipinski definition) is 5. The summed E-state index contributed by atoms with van der Waals surface area (Å²) in [5.41, 5.74) is 6.85. The van der Waals surface area contributed by atoms with Crippen LogP contribution in [0.1, 0.15) is 11.3 Å². The fourth-order valence-corrected chi connectivity index (χ4v) is 2.04. The third-order valence-corrected chi connectivity index (χ3v) is 3.00. The van der Waals surface area contributed by atoms with Crippen LogP contribution in [0.2, 0.25) is 5.02 Å². The number of aromatic nitrogens is 3. The first-order valence-electron chi connectivity index (χ1n) is 6.05. The molecule has 106 valence electrons. The second-order valence-corrected chi connectivity index (χ2v) is 4.72. The summed E-state index contributed by atoms with van der Waals surface area (Å²) in [4.78, 5) is 12.0. The molecule has 1 aromatic heterocycles. The Labute approximate surface area is 121 Å². The van der Waals surface area contributed by atoms with Crippen molar-refractivity contribution in [2.24, 2.45) is 5.73 Å². The van der Waals surface area contributed by atoms with E-state index in [0.29, 0.717) is 23.0 Å². The van der Waals surface area contributed by atoms with Crippen molar-refractivity contribution in [3.05, 3.63) is 40.7 Å². The van der Waals surface area contributed by atoms with Gasteiger partial charge in [-0.1, -0.05) is 16.8 Å². The molecule has 2 aromatic rings. The van der Waals surface area contributed by atoms with Gasteiger partial charge >= 0.3 is 0 Å². The number of carbonyl (C=O) groups excluding carboxylic acids is 1. The molecule has 0 atom stereocenters. The first-order chi connectivity index (χ1) is 9.62. The van der Waals surface area contributed by atoms with Crippen LogP contribution in [0, 0.1) is 0 Å². The average molecular weight is 295 g/mol. The minimum Gasteiger partial charge on any atom is -0.496 e. The number of ketones is 1. The molecule has 1 heterocycles. The van der Waals surface area contributed by atoms with E-state index in [1.54, 1.807) is 31.5 Å². The molecule has 7 heteroatoms. The normalized spacial score (nSPS) is 10.6. The van der Waals surface area contributed by atoms with Crippen molar-refractivity contribution < 1.29 is 9.53 Å². The fourth-order valence-electron chi connectivity index (χ4n) is 1.84. The standard InChI is InChI=1S/C13H15ClN4O2/c1-20-13-3-2-10(14)4-9(13)5-12(19)8-18-7-11(6-15)16-17-18/h2-4,7H,5-6,8,15H2,1H3. The second-order valence-electron chi connectivity index (χ2n) is 4.28. The zero-order chi connectivity index (χ0) is 14.5. The van der Waals surface area contributed by atoms with Gasteiger partial charge in [-0.05, 0) is 18.2 Å². The molecule has 0 fully saturated rings. The van der Waals surface area contributed by atoms with Crippen LogP contribution in [-0.2, 0) is 24.3 Å². The van der Waals surface area contributed by atoms with Gasteiger partial charge in [0.05, 0.1) is 19.0 Å². The molecule has 0 aliphatic heterocycles. The molecule has 0 bridgehead atoms. The molecule has 0 spiro atoms. The van der Waals surface area contributed by atoms with E-state index in [-0.39, 0.29) is 18.7 Å². The number of methoxy groups -OCH3 is 1. The maximum Gasteiger partial charge on any atom is 0.158 e. The van der Waals surface area contributed by atoms with Crippen molar-refractivity contribution in [1.29, 1.82) is 0 Å². The first-order valence-corrected chi connectivity index (χ1v) is 6.43. The summed E-state index contributed by atoms with van der Waals surface area (Å²) in [5.74, 6) is 0.628. The average Bonchev–Trinajstić information content (AvgIpc) is 2.86. The van der Waals surface area contributed by atoms with Gasteiger partial charge in [0.1, 0.15) is 12.3 Å². The Morgan fingerprint density at radius 1 is 1.50 bits per heavy atom. The second kappa shape index (κ2) is 6.49. The number of benzene rings is 1. The van der Waals surface area contributed by atoms with Crippen LogP contribution in [0.3, 0.4) is 0 Å². The van der Waals surface area contributed by atoms with E-state index < -0.39 is 0 Å². The number of ether oxygens (including phenoxy) is 1. The number of hydrogen-bond donors (Lipinski definition) is 1. The van der Waals surface area contributed by atoms with Gasteiger partial charge in [-0.2, -0.15) is 0 Å². The summed E-state index contributed by atoms with van der Waals surface area (Å²) in [6, 6.07) is 5.19. The number of halogens is 1. The summed E-state index contributed by atoms with van der Waals surface area (Å²) in [5, 5.41) is 8.24. The van der Waals surface area contributed by atoms with E-state index in [4.69, 9.17) is 22.1 Å². The maximum absolute atomic E-state index is 12.0.